The number of nitrogens with zero attached hydrogens (tertiary/aromatic N) is 1. The zero-order valence-electron chi connectivity index (χ0n) is 15.7. The molecule has 4 nitrogen and oxygen atoms in total. The topological polar surface area (TPSA) is 58.9 Å². The van der Waals surface area contributed by atoms with Crippen molar-refractivity contribution in [1.82, 2.24) is 0 Å². The standard InChI is InChI=1S/C23H15Cl2NO3S/c1-29-23(28)20-21(27)19(12-13-9-10-16(24)17(25)11-13)30-22(20)26-18-8-4-6-14-5-2-3-7-15(14)18/h2-12,27H,1H3/b19-12-,26-22?. The van der Waals surface area contributed by atoms with Gasteiger partial charge in [0.2, 0.25) is 0 Å². The number of benzene rings is 3. The van der Waals surface area contributed by atoms with E-state index in [4.69, 9.17) is 27.9 Å². The Morgan fingerprint density at radius 3 is 2.60 bits per heavy atom. The number of halogens is 2. The van der Waals surface area contributed by atoms with Crippen LogP contribution in [-0.4, -0.2) is 23.2 Å². The Balaban J connectivity index is 1.82. The Kier molecular flexibility index (Phi) is 5.86. The van der Waals surface area contributed by atoms with Gasteiger partial charge in [0, 0.05) is 5.39 Å². The van der Waals surface area contributed by atoms with Crippen molar-refractivity contribution in [2.75, 3.05) is 7.11 Å². The molecule has 0 aromatic heterocycles. The minimum absolute atomic E-state index is 0.0294. The molecule has 0 fully saturated rings. The lowest BCUT2D eigenvalue weighted by molar-refractivity contribution is -0.135. The van der Waals surface area contributed by atoms with Crippen LogP contribution in [0.1, 0.15) is 5.56 Å². The number of hydrogen-bond donors (Lipinski definition) is 1. The van der Waals surface area contributed by atoms with Gasteiger partial charge in [0.05, 0.1) is 27.7 Å². The van der Waals surface area contributed by atoms with E-state index in [1.807, 2.05) is 42.5 Å². The number of methoxy groups -OCH3 is 1. The Hall–Kier alpha value is -2.73. The van der Waals surface area contributed by atoms with Crippen molar-refractivity contribution >= 4 is 68.5 Å². The zero-order chi connectivity index (χ0) is 21.3. The molecule has 0 saturated heterocycles. The van der Waals surface area contributed by atoms with Crippen LogP contribution < -0.4 is 0 Å². The molecule has 0 atom stereocenters. The first-order chi connectivity index (χ1) is 14.5. The summed E-state index contributed by atoms with van der Waals surface area (Å²) in [5.41, 5.74) is 1.46. The van der Waals surface area contributed by atoms with Crippen molar-refractivity contribution in [3.8, 4) is 0 Å². The third-order valence-corrected chi connectivity index (χ3v) is 6.27. The molecule has 0 spiro atoms. The highest BCUT2D eigenvalue weighted by atomic mass is 35.5. The molecule has 1 aliphatic rings. The number of fused-ring (bicyclic) bond motifs is 1. The molecule has 3 aromatic rings. The summed E-state index contributed by atoms with van der Waals surface area (Å²) in [5.74, 6) is -0.839. The van der Waals surface area contributed by atoms with Crippen LogP contribution in [0.15, 0.2) is 81.9 Å². The van der Waals surface area contributed by atoms with Crippen LogP contribution >= 0.6 is 35.0 Å². The number of aliphatic hydroxyl groups is 1. The summed E-state index contributed by atoms with van der Waals surface area (Å²) in [7, 11) is 1.27. The molecular formula is C23H15Cl2NO3S. The first kappa shape index (κ1) is 20.5. The molecule has 1 N–H and O–H groups in total. The third kappa shape index (κ3) is 3.97. The number of aliphatic imine (C=N–C) groups is 1. The van der Waals surface area contributed by atoms with E-state index in [1.54, 1.807) is 24.3 Å². The van der Waals surface area contributed by atoms with Gasteiger partial charge in [0.25, 0.3) is 0 Å². The molecule has 1 heterocycles. The van der Waals surface area contributed by atoms with Gasteiger partial charge in [-0.05, 0) is 35.2 Å². The molecule has 3 aromatic carbocycles. The summed E-state index contributed by atoms with van der Waals surface area (Å²) in [6.07, 6.45) is 1.72. The maximum absolute atomic E-state index is 12.4. The second-order valence-corrected chi connectivity index (χ2v) is 8.26. The minimum Gasteiger partial charge on any atom is -0.506 e. The summed E-state index contributed by atoms with van der Waals surface area (Å²) in [6.45, 7) is 0. The molecule has 0 amide bonds. The predicted molar refractivity (Wildman–Crippen MR) is 125 cm³/mol. The summed E-state index contributed by atoms with van der Waals surface area (Å²) >= 11 is 13.3. The first-order valence-corrected chi connectivity index (χ1v) is 10.5. The second-order valence-electron chi connectivity index (χ2n) is 6.41. The van der Waals surface area contributed by atoms with E-state index < -0.39 is 5.97 Å². The molecule has 0 bridgehead atoms. The largest absolute Gasteiger partial charge is 0.506 e. The van der Waals surface area contributed by atoms with Crippen LogP contribution in [0.5, 0.6) is 0 Å². The normalized spacial score (nSPS) is 16.6. The van der Waals surface area contributed by atoms with Gasteiger partial charge < -0.3 is 9.84 Å². The van der Waals surface area contributed by atoms with Crippen molar-refractivity contribution in [2.24, 2.45) is 4.99 Å². The average molecular weight is 456 g/mol. The van der Waals surface area contributed by atoms with E-state index >= 15 is 0 Å². The molecule has 0 unspecified atom stereocenters. The van der Waals surface area contributed by atoms with Gasteiger partial charge in [-0.2, -0.15) is 0 Å². The smallest absolute Gasteiger partial charge is 0.344 e. The third-order valence-electron chi connectivity index (χ3n) is 4.51. The molecule has 0 saturated carbocycles. The molecule has 1 aliphatic heterocycles. The molecule has 150 valence electrons. The van der Waals surface area contributed by atoms with E-state index in [0.717, 1.165) is 16.3 Å². The minimum atomic E-state index is -0.656. The Morgan fingerprint density at radius 1 is 1.07 bits per heavy atom. The summed E-state index contributed by atoms with van der Waals surface area (Å²) < 4.78 is 4.88. The number of rotatable bonds is 3. The lowest BCUT2D eigenvalue weighted by atomic mass is 10.1. The highest BCUT2D eigenvalue weighted by Crippen LogP contribution is 2.41. The monoisotopic (exact) mass is 455 g/mol. The van der Waals surface area contributed by atoms with Crippen molar-refractivity contribution in [3.63, 3.8) is 0 Å². The maximum Gasteiger partial charge on any atom is 0.344 e. The van der Waals surface area contributed by atoms with Gasteiger partial charge in [-0.25, -0.2) is 9.79 Å². The zero-order valence-corrected chi connectivity index (χ0v) is 18.1. The van der Waals surface area contributed by atoms with Gasteiger partial charge in [0.15, 0.2) is 0 Å². The Bertz CT molecular complexity index is 1260. The quantitative estimate of drug-likeness (QED) is 0.434. The van der Waals surface area contributed by atoms with E-state index in [-0.39, 0.29) is 11.3 Å². The highest BCUT2D eigenvalue weighted by molar-refractivity contribution is 8.18. The van der Waals surface area contributed by atoms with Gasteiger partial charge in [-0.15, -0.1) is 0 Å². The van der Waals surface area contributed by atoms with E-state index in [2.05, 4.69) is 4.99 Å². The second kappa shape index (κ2) is 8.56. The molecule has 30 heavy (non-hydrogen) atoms. The summed E-state index contributed by atoms with van der Waals surface area (Å²) in [6, 6.07) is 18.7. The number of carbonyl (C=O) groups is 1. The van der Waals surface area contributed by atoms with E-state index in [9.17, 15) is 9.90 Å². The molecule has 0 aliphatic carbocycles. The van der Waals surface area contributed by atoms with Crippen LogP contribution in [0.2, 0.25) is 10.0 Å². The number of ether oxygens (including phenoxy) is 1. The Morgan fingerprint density at radius 2 is 1.83 bits per heavy atom. The van der Waals surface area contributed by atoms with Crippen LogP contribution in [0.25, 0.3) is 16.8 Å². The average Bonchev–Trinajstić information content (AvgIpc) is 3.05. The van der Waals surface area contributed by atoms with Crippen LogP contribution in [0.3, 0.4) is 0 Å². The van der Waals surface area contributed by atoms with Crippen molar-refractivity contribution in [2.45, 2.75) is 0 Å². The van der Waals surface area contributed by atoms with Gasteiger partial charge in [0.1, 0.15) is 16.4 Å². The van der Waals surface area contributed by atoms with Gasteiger partial charge >= 0.3 is 5.97 Å². The van der Waals surface area contributed by atoms with Crippen LogP contribution in [-0.2, 0) is 9.53 Å². The highest BCUT2D eigenvalue weighted by Gasteiger charge is 2.33. The first-order valence-electron chi connectivity index (χ1n) is 8.91. The number of aliphatic hydroxyl groups excluding tert-OH is 1. The number of esters is 1. The number of thioether (sulfide) groups is 1. The lowest BCUT2D eigenvalue weighted by Crippen LogP contribution is -2.10. The SMILES string of the molecule is COC(=O)C1=C(O)/C(=C/c2ccc(Cl)c(Cl)c2)SC1=Nc1cccc2ccccc12. The molecule has 7 heteroatoms. The molecule has 4 rings (SSSR count). The number of carbonyl (C=O) groups excluding carboxylic acids is 1. The predicted octanol–water partition coefficient (Wildman–Crippen LogP) is 6.95. The maximum atomic E-state index is 12.4. The van der Waals surface area contributed by atoms with Crippen LogP contribution in [0.4, 0.5) is 5.69 Å². The fourth-order valence-corrected chi connectivity index (χ4v) is 4.39. The summed E-state index contributed by atoms with van der Waals surface area (Å²) in [4.78, 5) is 17.5. The summed E-state index contributed by atoms with van der Waals surface area (Å²) in [5, 5.41) is 13.9. The van der Waals surface area contributed by atoms with Gasteiger partial charge in [-0.3, -0.25) is 0 Å². The van der Waals surface area contributed by atoms with E-state index in [0.29, 0.717) is 25.7 Å². The number of hydrogen-bond acceptors (Lipinski definition) is 5. The van der Waals surface area contributed by atoms with Gasteiger partial charge in [-0.1, -0.05) is 77.4 Å². The molecule has 0 radical (unpaired) electrons. The fraction of sp³-hybridized carbons (Fsp3) is 0.0435. The fourth-order valence-electron chi connectivity index (χ4n) is 3.06. The lowest BCUT2D eigenvalue weighted by Gasteiger charge is -2.05. The molecular weight excluding hydrogens is 441 g/mol. The Labute approximate surface area is 187 Å². The van der Waals surface area contributed by atoms with Crippen molar-refractivity contribution in [1.29, 1.82) is 0 Å². The van der Waals surface area contributed by atoms with Crippen molar-refractivity contribution in [3.05, 3.63) is 92.5 Å². The van der Waals surface area contributed by atoms with E-state index in [1.165, 1.54) is 18.9 Å². The van der Waals surface area contributed by atoms with Crippen LogP contribution in [0, 0.1) is 0 Å². The van der Waals surface area contributed by atoms with Crippen molar-refractivity contribution < 1.29 is 14.6 Å².